The summed E-state index contributed by atoms with van der Waals surface area (Å²) in [5.74, 6) is 2.75. The number of nitrogens with zero attached hydrogens (tertiary/aromatic N) is 4. The first-order chi connectivity index (χ1) is 8.22. The minimum atomic E-state index is 0.259. The summed E-state index contributed by atoms with van der Waals surface area (Å²) in [5, 5.41) is 4.66. The highest BCUT2D eigenvalue weighted by atomic mass is 15.4. The lowest BCUT2D eigenvalue weighted by Crippen LogP contribution is -2.32. The standard InChI is InChI=1S/C12H21N5/c1-16-6-4-9(5-7-16)12-14-11-3-2-10(13)8-17(11)15-12/h9-10H,2-8,13H2,1H3. The van der Waals surface area contributed by atoms with Crippen LogP contribution in [0.15, 0.2) is 0 Å². The molecule has 5 heteroatoms. The van der Waals surface area contributed by atoms with Gasteiger partial charge in [-0.25, -0.2) is 9.67 Å². The number of rotatable bonds is 1. The van der Waals surface area contributed by atoms with Gasteiger partial charge in [0.1, 0.15) is 5.82 Å². The summed E-state index contributed by atoms with van der Waals surface area (Å²) in [6.07, 6.45) is 4.41. The maximum absolute atomic E-state index is 5.96. The van der Waals surface area contributed by atoms with Crippen molar-refractivity contribution in [2.24, 2.45) is 5.73 Å². The van der Waals surface area contributed by atoms with Gasteiger partial charge in [-0.05, 0) is 39.4 Å². The van der Waals surface area contributed by atoms with Crippen molar-refractivity contribution in [3.05, 3.63) is 11.6 Å². The molecule has 0 bridgehead atoms. The first kappa shape index (κ1) is 11.2. The molecule has 1 unspecified atom stereocenters. The highest BCUT2D eigenvalue weighted by Crippen LogP contribution is 2.26. The van der Waals surface area contributed by atoms with E-state index in [0.717, 1.165) is 44.1 Å². The van der Waals surface area contributed by atoms with Crippen LogP contribution in [0.25, 0.3) is 0 Å². The highest BCUT2D eigenvalue weighted by molar-refractivity contribution is 5.03. The highest BCUT2D eigenvalue weighted by Gasteiger charge is 2.25. The van der Waals surface area contributed by atoms with Crippen molar-refractivity contribution in [1.29, 1.82) is 0 Å². The molecule has 1 saturated heterocycles. The van der Waals surface area contributed by atoms with Gasteiger partial charge in [-0.15, -0.1) is 0 Å². The van der Waals surface area contributed by atoms with E-state index in [1.54, 1.807) is 0 Å². The first-order valence-corrected chi connectivity index (χ1v) is 6.60. The quantitative estimate of drug-likeness (QED) is 0.763. The van der Waals surface area contributed by atoms with Crippen molar-refractivity contribution in [1.82, 2.24) is 19.7 Å². The molecular weight excluding hydrogens is 214 g/mol. The van der Waals surface area contributed by atoms with E-state index in [9.17, 15) is 0 Å². The van der Waals surface area contributed by atoms with Crippen molar-refractivity contribution in [3.8, 4) is 0 Å². The van der Waals surface area contributed by atoms with Crippen LogP contribution < -0.4 is 5.73 Å². The third kappa shape index (κ3) is 2.21. The third-order valence-corrected chi connectivity index (χ3v) is 3.99. The van der Waals surface area contributed by atoms with Crippen LogP contribution in [0.4, 0.5) is 0 Å². The van der Waals surface area contributed by atoms with E-state index < -0.39 is 0 Å². The van der Waals surface area contributed by atoms with Gasteiger partial charge in [0, 0.05) is 18.4 Å². The monoisotopic (exact) mass is 235 g/mol. The van der Waals surface area contributed by atoms with Gasteiger partial charge in [0.15, 0.2) is 5.82 Å². The van der Waals surface area contributed by atoms with E-state index in [0.29, 0.717) is 5.92 Å². The maximum Gasteiger partial charge on any atom is 0.154 e. The Labute approximate surface area is 102 Å². The van der Waals surface area contributed by atoms with Gasteiger partial charge in [-0.2, -0.15) is 5.10 Å². The Kier molecular flexibility index (Phi) is 2.88. The average Bonchev–Trinajstić information content (AvgIpc) is 2.72. The van der Waals surface area contributed by atoms with E-state index in [1.807, 2.05) is 4.68 Å². The fourth-order valence-corrected chi connectivity index (χ4v) is 2.79. The topological polar surface area (TPSA) is 60.0 Å². The second kappa shape index (κ2) is 4.38. The molecule has 2 N–H and O–H groups in total. The van der Waals surface area contributed by atoms with Crippen LogP contribution >= 0.6 is 0 Å². The van der Waals surface area contributed by atoms with Crippen LogP contribution in [-0.2, 0) is 13.0 Å². The molecule has 1 fully saturated rings. The number of hydrogen-bond donors (Lipinski definition) is 1. The normalized spacial score (nSPS) is 27.1. The number of aryl methyl sites for hydroxylation is 1. The second-order valence-electron chi connectivity index (χ2n) is 5.44. The fourth-order valence-electron chi connectivity index (χ4n) is 2.79. The summed E-state index contributed by atoms with van der Waals surface area (Å²) in [5.41, 5.74) is 5.96. The average molecular weight is 235 g/mol. The van der Waals surface area contributed by atoms with Crippen molar-refractivity contribution < 1.29 is 0 Å². The lowest BCUT2D eigenvalue weighted by molar-refractivity contribution is 0.251. The molecule has 0 spiro atoms. The predicted octanol–water partition coefficient (Wildman–Crippen LogP) is 0.361. The first-order valence-electron chi connectivity index (χ1n) is 6.60. The summed E-state index contributed by atoms with van der Waals surface area (Å²) in [7, 11) is 2.18. The summed E-state index contributed by atoms with van der Waals surface area (Å²) in [4.78, 5) is 7.09. The van der Waals surface area contributed by atoms with Gasteiger partial charge >= 0.3 is 0 Å². The van der Waals surface area contributed by atoms with Crippen LogP contribution in [0.2, 0.25) is 0 Å². The molecule has 0 radical (unpaired) electrons. The Balaban J connectivity index is 1.76. The van der Waals surface area contributed by atoms with Crippen LogP contribution in [-0.4, -0.2) is 45.8 Å². The minimum Gasteiger partial charge on any atom is -0.326 e. The number of likely N-dealkylation sites (tertiary alicyclic amines) is 1. The molecule has 3 rings (SSSR count). The molecule has 0 saturated carbocycles. The van der Waals surface area contributed by atoms with Gasteiger partial charge in [-0.1, -0.05) is 0 Å². The van der Waals surface area contributed by atoms with Crippen LogP contribution in [0, 0.1) is 0 Å². The minimum absolute atomic E-state index is 0.259. The van der Waals surface area contributed by atoms with Crippen LogP contribution in [0.1, 0.15) is 36.8 Å². The number of hydrogen-bond acceptors (Lipinski definition) is 4. The molecule has 3 heterocycles. The van der Waals surface area contributed by atoms with Gasteiger partial charge in [0.05, 0.1) is 6.54 Å². The predicted molar refractivity (Wildman–Crippen MR) is 65.8 cm³/mol. The molecular formula is C12H21N5. The zero-order valence-electron chi connectivity index (χ0n) is 10.5. The molecule has 0 amide bonds. The number of piperidine rings is 1. The number of nitrogens with two attached hydrogens (primary N) is 1. The molecule has 17 heavy (non-hydrogen) atoms. The number of fused-ring (bicyclic) bond motifs is 1. The molecule has 0 aliphatic carbocycles. The lowest BCUT2D eigenvalue weighted by atomic mass is 9.97. The molecule has 1 atom stereocenters. The third-order valence-electron chi connectivity index (χ3n) is 3.99. The number of aromatic nitrogens is 3. The molecule has 2 aliphatic heterocycles. The fraction of sp³-hybridized carbons (Fsp3) is 0.833. The van der Waals surface area contributed by atoms with Gasteiger partial charge in [-0.3, -0.25) is 0 Å². The Bertz CT molecular complexity index is 392. The lowest BCUT2D eigenvalue weighted by Gasteiger charge is -2.27. The van der Waals surface area contributed by atoms with Crippen molar-refractivity contribution in [2.45, 2.75) is 44.2 Å². The molecule has 1 aromatic heterocycles. The molecule has 5 nitrogen and oxygen atoms in total. The molecule has 2 aliphatic rings. The van der Waals surface area contributed by atoms with E-state index in [-0.39, 0.29) is 6.04 Å². The summed E-state index contributed by atoms with van der Waals surface area (Å²) in [6, 6.07) is 0.259. The Morgan fingerprint density at radius 3 is 2.76 bits per heavy atom. The summed E-state index contributed by atoms with van der Waals surface area (Å²) < 4.78 is 2.03. The smallest absolute Gasteiger partial charge is 0.154 e. The molecule has 94 valence electrons. The summed E-state index contributed by atoms with van der Waals surface area (Å²) in [6.45, 7) is 3.16. The Hall–Kier alpha value is -0.940. The van der Waals surface area contributed by atoms with Crippen LogP contribution in [0.5, 0.6) is 0 Å². The Morgan fingerprint density at radius 1 is 1.24 bits per heavy atom. The largest absolute Gasteiger partial charge is 0.326 e. The Morgan fingerprint density at radius 2 is 2.00 bits per heavy atom. The van der Waals surface area contributed by atoms with Gasteiger partial charge in [0.2, 0.25) is 0 Å². The van der Waals surface area contributed by atoms with Crippen molar-refractivity contribution in [2.75, 3.05) is 20.1 Å². The van der Waals surface area contributed by atoms with E-state index in [2.05, 4.69) is 17.0 Å². The van der Waals surface area contributed by atoms with E-state index >= 15 is 0 Å². The maximum atomic E-state index is 5.96. The van der Waals surface area contributed by atoms with Gasteiger partial charge < -0.3 is 10.6 Å². The van der Waals surface area contributed by atoms with Crippen molar-refractivity contribution in [3.63, 3.8) is 0 Å². The zero-order chi connectivity index (χ0) is 11.8. The second-order valence-corrected chi connectivity index (χ2v) is 5.44. The van der Waals surface area contributed by atoms with Crippen LogP contribution in [0.3, 0.4) is 0 Å². The zero-order valence-corrected chi connectivity index (χ0v) is 10.5. The SMILES string of the molecule is CN1CCC(c2nc3n(n2)CC(N)CC3)CC1. The van der Waals surface area contributed by atoms with Crippen molar-refractivity contribution >= 4 is 0 Å². The molecule has 0 aromatic carbocycles. The molecule has 1 aromatic rings. The van der Waals surface area contributed by atoms with Gasteiger partial charge in [0.25, 0.3) is 0 Å². The van der Waals surface area contributed by atoms with E-state index in [4.69, 9.17) is 10.7 Å². The summed E-state index contributed by atoms with van der Waals surface area (Å²) >= 11 is 0. The van der Waals surface area contributed by atoms with E-state index in [1.165, 1.54) is 12.8 Å².